The average Bonchev–Trinajstić information content (AvgIpc) is 2.36. The summed E-state index contributed by atoms with van der Waals surface area (Å²) >= 11 is 6.10. The van der Waals surface area contributed by atoms with Crippen LogP contribution in [0.25, 0.3) is 10.9 Å². The van der Waals surface area contributed by atoms with Crippen LogP contribution in [-0.4, -0.2) is 11.5 Å². The first kappa shape index (κ1) is 13.2. The highest BCUT2D eigenvalue weighted by Gasteiger charge is 2.11. The van der Waals surface area contributed by atoms with Crippen molar-refractivity contribution < 1.29 is 0 Å². The highest BCUT2D eigenvalue weighted by atomic mass is 35.5. The van der Waals surface area contributed by atoms with Gasteiger partial charge in [-0.1, -0.05) is 25.4 Å². The Kier molecular flexibility index (Phi) is 4.07. The van der Waals surface area contributed by atoms with E-state index in [1.54, 1.807) is 0 Å². The molecular weight excluding hydrogens is 244 g/mol. The smallest absolute Gasteiger partial charge is 0.0727 e. The number of nitrogens with one attached hydrogen (secondary N) is 1. The minimum absolute atomic E-state index is 0.759. The van der Waals surface area contributed by atoms with Crippen LogP contribution in [0.2, 0.25) is 5.02 Å². The molecule has 1 N–H and O–H groups in total. The maximum Gasteiger partial charge on any atom is 0.0727 e. The zero-order chi connectivity index (χ0) is 13.1. The van der Waals surface area contributed by atoms with Crippen molar-refractivity contribution in [3.63, 3.8) is 0 Å². The predicted molar refractivity (Wildman–Crippen MR) is 79.6 cm³/mol. The molecular formula is C15H19ClN2. The molecule has 0 amide bonds. The van der Waals surface area contributed by atoms with E-state index in [1.807, 2.05) is 18.2 Å². The minimum Gasteiger partial charge on any atom is -0.384 e. The van der Waals surface area contributed by atoms with Crippen LogP contribution in [0, 0.1) is 6.92 Å². The van der Waals surface area contributed by atoms with Crippen LogP contribution in [0.5, 0.6) is 0 Å². The Balaban J connectivity index is 2.68. The van der Waals surface area contributed by atoms with Gasteiger partial charge in [-0.2, -0.15) is 0 Å². The van der Waals surface area contributed by atoms with E-state index in [-0.39, 0.29) is 0 Å². The number of hydrogen-bond acceptors (Lipinski definition) is 2. The van der Waals surface area contributed by atoms with Crippen LogP contribution in [0.3, 0.4) is 0 Å². The van der Waals surface area contributed by atoms with E-state index < -0.39 is 0 Å². The topological polar surface area (TPSA) is 24.9 Å². The van der Waals surface area contributed by atoms with Crippen LogP contribution >= 0.6 is 11.6 Å². The molecule has 0 atom stereocenters. The van der Waals surface area contributed by atoms with Crippen molar-refractivity contribution in [2.45, 2.75) is 33.6 Å². The highest BCUT2D eigenvalue weighted by molar-refractivity contribution is 6.31. The molecule has 1 heterocycles. The van der Waals surface area contributed by atoms with Gasteiger partial charge in [0.15, 0.2) is 0 Å². The summed E-state index contributed by atoms with van der Waals surface area (Å²) in [7, 11) is 0. The lowest BCUT2D eigenvalue weighted by Crippen LogP contribution is -2.06. The Morgan fingerprint density at radius 3 is 2.72 bits per heavy atom. The number of aryl methyl sites for hydroxylation is 1. The molecule has 2 nitrogen and oxygen atoms in total. The molecule has 1 aromatic heterocycles. The van der Waals surface area contributed by atoms with Crippen LogP contribution < -0.4 is 5.32 Å². The van der Waals surface area contributed by atoms with Crippen molar-refractivity contribution >= 4 is 28.2 Å². The van der Waals surface area contributed by atoms with Crippen LogP contribution in [-0.2, 0) is 6.42 Å². The molecule has 0 unspecified atom stereocenters. The van der Waals surface area contributed by atoms with Gasteiger partial charge < -0.3 is 5.32 Å². The van der Waals surface area contributed by atoms with Crippen molar-refractivity contribution in [1.29, 1.82) is 0 Å². The van der Waals surface area contributed by atoms with Crippen LogP contribution in [0.1, 0.15) is 31.5 Å². The summed E-state index contributed by atoms with van der Waals surface area (Å²) in [5.41, 5.74) is 4.60. The van der Waals surface area contributed by atoms with Gasteiger partial charge in [0.1, 0.15) is 0 Å². The van der Waals surface area contributed by atoms with Gasteiger partial charge in [-0.15, -0.1) is 0 Å². The van der Waals surface area contributed by atoms with E-state index in [0.29, 0.717) is 0 Å². The minimum atomic E-state index is 0.759. The van der Waals surface area contributed by atoms with Crippen molar-refractivity contribution in [2.75, 3.05) is 11.9 Å². The molecule has 1 aromatic carbocycles. The van der Waals surface area contributed by atoms with Gasteiger partial charge in [0.2, 0.25) is 0 Å². The molecule has 2 aromatic rings. The van der Waals surface area contributed by atoms with Gasteiger partial charge in [-0.25, -0.2) is 0 Å². The number of anilines is 1. The van der Waals surface area contributed by atoms with Crippen molar-refractivity contribution in [3.05, 3.63) is 34.5 Å². The molecule has 0 aliphatic heterocycles. The molecule has 96 valence electrons. The summed E-state index contributed by atoms with van der Waals surface area (Å²) in [4.78, 5) is 4.66. The zero-order valence-corrected chi connectivity index (χ0v) is 11.9. The standard InChI is InChI=1S/C15H19ClN2/c1-4-8-17-15-12(5-2)10(3)18-14-7-6-11(16)9-13(14)15/h6-7,9H,4-5,8H2,1-3H3,(H,17,18). The fourth-order valence-corrected chi connectivity index (χ4v) is 2.45. The Bertz CT molecular complexity index is 564. The van der Waals surface area contributed by atoms with E-state index >= 15 is 0 Å². The quantitative estimate of drug-likeness (QED) is 0.872. The van der Waals surface area contributed by atoms with Gasteiger partial charge in [-0.05, 0) is 43.5 Å². The molecule has 0 radical (unpaired) electrons. The maximum atomic E-state index is 6.10. The van der Waals surface area contributed by atoms with Gasteiger partial charge in [0.05, 0.1) is 5.52 Å². The van der Waals surface area contributed by atoms with Gasteiger partial charge in [0, 0.05) is 28.3 Å². The number of pyridine rings is 1. The fourth-order valence-electron chi connectivity index (χ4n) is 2.28. The van der Waals surface area contributed by atoms with Crippen LogP contribution in [0.4, 0.5) is 5.69 Å². The second-order valence-electron chi connectivity index (χ2n) is 4.49. The van der Waals surface area contributed by atoms with Crippen LogP contribution in [0.15, 0.2) is 18.2 Å². The third-order valence-electron chi connectivity index (χ3n) is 3.16. The first-order valence-corrected chi connectivity index (χ1v) is 6.87. The molecule has 0 fully saturated rings. The van der Waals surface area contributed by atoms with E-state index in [9.17, 15) is 0 Å². The molecule has 0 spiro atoms. The number of benzene rings is 1. The summed E-state index contributed by atoms with van der Waals surface area (Å²) in [5.74, 6) is 0. The largest absolute Gasteiger partial charge is 0.384 e. The van der Waals surface area contributed by atoms with E-state index in [1.165, 1.54) is 11.3 Å². The SMILES string of the molecule is CCCNc1c(CC)c(C)nc2ccc(Cl)cc12. The number of aromatic nitrogens is 1. The summed E-state index contributed by atoms with van der Waals surface area (Å²) in [6, 6.07) is 5.88. The molecule has 0 aliphatic rings. The Morgan fingerprint density at radius 2 is 2.06 bits per heavy atom. The fraction of sp³-hybridized carbons (Fsp3) is 0.400. The van der Waals surface area contributed by atoms with Gasteiger partial charge >= 0.3 is 0 Å². The summed E-state index contributed by atoms with van der Waals surface area (Å²) in [5, 5.41) is 5.41. The Hall–Kier alpha value is -1.28. The lowest BCUT2D eigenvalue weighted by atomic mass is 10.0. The Labute approximate surface area is 113 Å². The lowest BCUT2D eigenvalue weighted by molar-refractivity contribution is 0.969. The van der Waals surface area contributed by atoms with Gasteiger partial charge in [0.25, 0.3) is 0 Å². The molecule has 0 saturated carbocycles. The number of halogens is 1. The maximum absolute atomic E-state index is 6.10. The van der Waals surface area contributed by atoms with Crippen molar-refractivity contribution in [1.82, 2.24) is 4.98 Å². The molecule has 0 bridgehead atoms. The normalized spacial score (nSPS) is 10.9. The third kappa shape index (κ3) is 2.44. The van der Waals surface area contributed by atoms with Crippen molar-refractivity contribution in [2.24, 2.45) is 0 Å². The Morgan fingerprint density at radius 1 is 1.28 bits per heavy atom. The molecule has 0 saturated heterocycles. The van der Waals surface area contributed by atoms with E-state index in [0.717, 1.165) is 41.0 Å². The molecule has 0 aliphatic carbocycles. The zero-order valence-electron chi connectivity index (χ0n) is 11.2. The second-order valence-corrected chi connectivity index (χ2v) is 4.93. The summed E-state index contributed by atoms with van der Waals surface area (Å²) in [6.45, 7) is 7.38. The second kappa shape index (κ2) is 5.57. The predicted octanol–water partition coefficient (Wildman–Crippen LogP) is 4.58. The molecule has 3 heteroatoms. The van der Waals surface area contributed by atoms with E-state index in [4.69, 9.17) is 11.6 Å². The lowest BCUT2D eigenvalue weighted by Gasteiger charge is -2.16. The number of fused-ring (bicyclic) bond motifs is 1. The van der Waals surface area contributed by atoms with Gasteiger partial charge in [-0.3, -0.25) is 4.98 Å². The molecule has 18 heavy (non-hydrogen) atoms. The third-order valence-corrected chi connectivity index (χ3v) is 3.40. The highest BCUT2D eigenvalue weighted by Crippen LogP contribution is 2.30. The van der Waals surface area contributed by atoms with Crippen molar-refractivity contribution in [3.8, 4) is 0 Å². The number of nitrogens with zero attached hydrogens (tertiary/aromatic N) is 1. The monoisotopic (exact) mass is 262 g/mol. The summed E-state index contributed by atoms with van der Waals surface area (Å²) < 4.78 is 0. The average molecular weight is 263 g/mol. The molecule has 2 rings (SSSR count). The summed E-state index contributed by atoms with van der Waals surface area (Å²) in [6.07, 6.45) is 2.08. The first-order chi connectivity index (χ1) is 8.67. The first-order valence-electron chi connectivity index (χ1n) is 6.50. The van der Waals surface area contributed by atoms with E-state index in [2.05, 4.69) is 31.1 Å². The number of hydrogen-bond donors (Lipinski definition) is 1. The number of rotatable bonds is 4.